The fourth-order valence-electron chi connectivity index (χ4n) is 2.72. The summed E-state index contributed by atoms with van der Waals surface area (Å²) in [7, 11) is 0. The molecule has 2 aromatic rings. The highest BCUT2D eigenvalue weighted by molar-refractivity contribution is 5.23. The van der Waals surface area contributed by atoms with Crippen molar-refractivity contribution in [2.24, 2.45) is 5.92 Å². The lowest BCUT2D eigenvalue weighted by molar-refractivity contribution is -0.143. The highest BCUT2D eigenvalue weighted by atomic mass is 19.4. The molecule has 0 radical (unpaired) electrons. The SMILES string of the molecule is Cc1nc(=O)[nH]c(C)c1CCc1nc(CC(C)C)nn1CC(F)(F)F. The Hall–Kier alpha value is -2.19. The molecule has 25 heavy (non-hydrogen) atoms. The van der Waals surface area contributed by atoms with E-state index in [2.05, 4.69) is 20.1 Å². The van der Waals surface area contributed by atoms with Crippen LogP contribution in [0.1, 0.15) is 42.4 Å². The average molecular weight is 357 g/mol. The minimum absolute atomic E-state index is 0.252. The quantitative estimate of drug-likeness (QED) is 0.862. The zero-order valence-electron chi connectivity index (χ0n) is 14.7. The van der Waals surface area contributed by atoms with Crippen LogP contribution >= 0.6 is 0 Å². The molecule has 2 heterocycles. The van der Waals surface area contributed by atoms with E-state index in [1.165, 1.54) is 0 Å². The van der Waals surface area contributed by atoms with Gasteiger partial charge in [-0.15, -0.1) is 0 Å². The van der Waals surface area contributed by atoms with Crippen molar-refractivity contribution in [3.63, 3.8) is 0 Å². The van der Waals surface area contributed by atoms with Crippen LogP contribution in [0.3, 0.4) is 0 Å². The third-order valence-corrected chi connectivity index (χ3v) is 3.76. The van der Waals surface area contributed by atoms with Crippen LogP contribution < -0.4 is 5.69 Å². The normalized spacial score (nSPS) is 12.2. The number of rotatable bonds is 6. The van der Waals surface area contributed by atoms with E-state index in [0.29, 0.717) is 30.1 Å². The van der Waals surface area contributed by atoms with Crippen LogP contribution in [0.5, 0.6) is 0 Å². The second-order valence-corrected chi connectivity index (χ2v) is 6.55. The Morgan fingerprint density at radius 1 is 1.16 bits per heavy atom. The van der Waals surface area contributed by atoms with Gasteiger partial charge in [0.15, 0.2) is 5.82 Å². The second-order valence-electron chi connectivity index (χ2n) is 6.55. The van der Waals surface area contributed by atoms with E-state index < -0.39 is 18.4 Å². The summed E-state index contributed by atoms with van der Waals surface area (Å²) in [5.41, 5.74) is 1.62. The minimum atomic E-state index is -4.36. The first-order valence-electron chi connectivity index (χ1n) is 8.11. The number of aromatic nitrogens is 5. The van der Waals surface area contributed by atoms with Crippen LogP contribution in [0, 0.1) is 19.8 Å². The van der Waals surface area contributed by atoms with Crippen molar-refractivity contribution in [1.29, 1.82) is 0 Å². The fraction of sp³-hybridized carbons (Fsp3) is 0.625. The number of nitrogens with zero attached hydrogens (tertiary/aromatic N) is 4. The van der Waals surface area contributed by atoms with E-state index in [1.54, 1.807) is 13.8 Å². The molecule has 2 rings (SSSR count). The van der Waals surface area contributed by atoms with E-state index in [4.69, 9.17) is 0 Å². The van der Waals surface area contributed by atoms with Gasteiger partial charge in [0.25, 0.3) is 0 Å². The largest absolute Gasteiger partial charge is 0.408 e. The zero-order valence-corrected chi connectivity index (χ0v) is 14.7. The number of H-pyrrole nitrogens is 1. The molecule has 1 N–H and O–H groups in total. The van der Waals surface area contributed by atoms with Gasteiger partial charge in [-0.2, -0.15) is 23.3 Å². The van der Waals surface area contributed by atoms with Crippen LogP contribution in [0.25, 0.3) is 0 Å². The number of halogens is 3. The number of aromatic amines is 1. The van der Waals surface area contributed by atoms with Crippen molar-refractivity contribution < 1.29 is 13.2 Å². The molecule has 0 spiro atoms. The standard InChI is InChI=1S/C16H22F3N5O/c1-9(2)7-13-22-14(24(23-13)8-16(17,18)19)6-5-12-10(3)20-15(25)21-11(12)4/h9H,5-8H2,1-4H3,(H,20,21,25). The predicted molar refractivity (Wildman–Crippen MR) is 86.4 cm³/mol. The summed E-state index contributed by atoms with van der Waals surface area (Å²) in [5.74, 6) is 0.961. The summed E-state index contributed by atoms with van der Waals surface area (Å²) in [6.45, 7) is 6.22. The van der Waals surface area contributed by atoms with Crippen LogP contribution in [-0.4, -0.2) is 30.9 Å². The molecule has 0 bridgehead atoms. The lowest BCUT2D eigenvalue weighted by Crippen LogP contribution is -2.21. The van der Waals surface area contributed by atoms with E-state index in [9.17, 15) is 18.0 Å². The lowest BCUT2D eigenvalue weighted by atomic mass is 10.1. The maximum Gasteiger partial charge on any atom is 0.408 e. The first kappa shape index (κ1) is 19.1. The molecular formula is C16H22F3N5O. The van der Waals surface area contributed by atoms with Crippen LogP contribution in [0.2, 0.25) is 0 Å². The molecule has 0 aliphatic rings. The summed E-state index contributed by atoms with van der Waals surface area (Å²) in [5, 5.41) is 4.02. The summed E-state index contributed by atoms with van der Waals surface area (Å²) < 4.78 is 39.3. The Morgan fingerprint density at radius 2 is 1.84 bits per heavy atom. The van der Waals surface area contributed by atoms with Gasteiger partial charge in [-0.1, -0.05) is 13.8 Å². The van der Waals surface area contributed by atoms with E-state index in [1.807, 2.05) is 13.8 Å². The molecule has 0 aliphatic heterocycles. The topological polar surface area (TPSA) is 76.5 Å². The van der Waals surface area contributed by atoms with Gasteiger partial charge in [-0.3, -0.25) is 0 Å². The van der Waals surface area contributed by atoms with Crippen molar-refractivity contribution in [2.45, 2.75) is 59.7 Å². The Bertz CT molecular complexity index is 766. The van der Waals surface area contributed by atoms with Gasteiger partial charge in [0, 0.05) is 24.2 Å². The first-order valence-corrected chi connectivity index (χ1v) is 8.11. The van der Waals surface area contributed by atoms with E-state index in [-0.39, 0.29) is 18.2 Å². The molecule has 0 aromatic carbocycles. The van der Waals surface area contributed by atoms with Crippen molar-refractivity contribution in [3.05, 3.63) is 39.1 Å². The van der Waals surface area contributed by atoms with Gasteiger partial charge in [0.1, 0.15) is 12.4 Å². The van der Waals surface area contributed by atoms with Crippen molar-refractivity contribution in [3.8, 4) is 0 Å². The Labute approximate surface area is 143 Å². The third kappa shape index (κ3) is 5.40. The smallest absolute Gasteiger partial charge is 0.310 e. The Balaban J connectivity index is 2.25. The fourth-order valence-corrected chi connectivity index (χ4v) is 2.72. The van der Waals surface area contributed by atoms with E-state index in [0.717, 1.165) is 10.2 Å². The average Bonchev–Trinajstić information content (AvgIpc) is 2.76. The van der Waals surface area contributed by atoms with Gasteiger partial charge < -0.3 is 4.98 Å². The molecule has 0 atom stereocenters. The Morgan fingerprint density at radius 3 is 2.40 bits per heavy atom. The zero-order chi connectivity index (χ0) is 18.8. The molecule has 6 nitrogen and oxygen atoms in total. The first-order chi connectivity index (χ1) is 11.5. The van der Waals surface area contributed by atoms with Gasteiger partial charge in [0.2, 0.25) is 0 Å². The van der Waals surface area contributed by atoms with Crippen molar-refractivity contribution in [2.75, 3.05) is 0 Å². The molecule has 138 valence electrons. The van der Waals surface area contributed by atoms with Crippen molar-refractivity contribution >= 4 is 0 Å². The maximum atomic E-state index is 12.8. The minimum Gasteiger partial charge on any atom is -0.310 e. The van der Waals surface area contributed by atoms with Crippen LogP contribution in [0.15, 0.2) is 4.79 Å². The highest BCUT2D eigenvalue weighted by Gasteiger charge is 2.30. The molecule has 0 saturated carbocycles. The number of hydrogen-bond acceptors (Lipinski definition) is 4. The summed E-state index contributed by atoms with van der Waals surface area (Å²) >= 11 is 0. The summed E-state index contributed by atoms with van der Waals surface area (Å²) in [6, 6.07) is 0. The number of nitrogens with one attached hydrogen (secondary N) is 1. The van der Waals surface area contributed by atoms with Gasteiger partial charge in [-0.25, -0.2) is 14.5 Å². The molecule has 0 saturated heterocycles. The van der Waals surface area contributed by atoms with Crippen LogP contribution in [0.4, 0.5) is 13.2 Å². The molecule has 0 fully saturated rings. The molecule has 0 amide bonds. The number of hydrogen-bond donors (Lipinski definition) is 1. The maximum absolute atomic E-state index is 12.8. The number of aryl methyl sites for hydroxylation is 3. The molecule has 2 aromatic heterocycles. The third-order valence-electron chi connectivity index (χ3n) is 3.76. The highest BCUT2D eigenvalue weighted by Crippen LogP contribution is 2.19. The van der Waals surface area contributed by atoms with Crippen LogP contribution in [-0.2, 0) is 25.8 Å². The van der Waals surface area contributed by atoms with Gasteiger partial charge >= 0.3 is 11.9 Å². The van der Waals surface area contributed by atoms with Gasteiger partial charge in [-0.05, 0) is 31.7 Å². The Kier molecular flexibility index (Phi) is 5.64. The van der Waals surface area contributed by atoms with Crippen molar-refractivity contribution in [1.82, 2.24) is 24.7 Å². The van der Waals surface area contributed by atoms with E-state index >= 15 is 0 Å². The van der Waals surface area contributed by atoms with Gasteiger partial charge in [0.05, 0.1) is 0 Å². The summed E-state index contributed by atoms with van der Waals surface area (Å²) in [4.78, 5) is 22.1. The predicted octanol–water partition coefficient (Wildman–Crippen LogP) is 2.52. The molecule has 0 aliphatic carbocycles. The number of alkyl halides is 3. The molecular weight excluding hydrogens is 335 g/mol. The molecule has 9 heteroatoms. The monoisotopic (exact) mass is 357 g/mol. The summed E-state index contributed by atoms with van der Waals surface area (Å²) in [6.07, 6.45) is -3.12. The lowest BCUT2D eigenvalue weighted by Gasteiger charge is -2.10. The molecule has 0 unspecified atom stereocenters. The second kappa shape index (κ2) is 7.37.